The molecule has 0 saturated heterocycles. The highest BCUT2D eigenvalue weighted by molar-refractivity contribution is 8.04. The molecule has 1 aromatic rings. The van der Waals surface area contributed by atoms with E-state index in [-0.39, 0.29) is 18.4 Å². The van der Waals surface area contributed by atoms with Crippen molar-refractivity contribution in [1.82, 2.24) is 4.90 Å². The van der Waals surface area contributed by atoms with Crippen LogP contribution in [0.1, 0.15) is 38.2 Å². The number of unbranched alkanes of at least 4 members (excludes halogenated alkanes) is 3. The topological polar surface area (TPSA) is 66.8 Å². The molecule has 2 amide bonds. The highest BCUT2D eigenvalue weighted by Crippen LogP contribution is 2.39. The molecule has 0 radical (unpaired) electrons. The summed E-state index contributed by atoms with van der Waals surface area (Å²) in [4.78, 5) is 27.4. The Morgan fingerprint density at radius 3 is 2.56 bits per heavy atom. The van der Waals surface area contributed by atoms with Crippen LogP contribution in [0.5, 0.6) is 5.75 Å². The van der Waals surface area contributed by atoms with Crippen LogP contribution in [0.2, 0.25) is 0 Å². The average molecular weight is 363 g/mol. The summed E-state index contributed by atoms with van der Waals surface area (Å²) < 4.78 is 5.37. The van der Waals surface area contributed by atoms with E-state index in [0.29, 0.717) is 34.1 Å². The highest BCUT2D eigenvalue weighted by atomic mass is 32.2. The van der Waals surface area contributed by atoms with Crippen molar-refractivity contribution in [3.05, 3.63) is 34.7 Å². The summed E-state index contributed by atoms with van der Waals surface area (Å²) >= 11 is 1.23. The van der Waals surface area contributed by atoms with Gasteiger partial charge in [-0.2, -0.15) is 0 Å². The summed E-state index contributed by atoms with van der Waals surface area (Å²) in [7, 11) is 1.55. The van der Waals surface area contributed by atoms with Crippen molar-refractivity contribution in [3.63, 3.8) is 0 Å². The molecule has 6 heteroatoms. The minimum absolute atomic E-state index is 0.0503. The quantitative estimate of drug-likeness (QED) is 0.511. The Kier molecular flexibility index (Phi) is 7.52. The lowest BCUT2D eigenvalue weighted by molar-refractivity contribution is -0.136. The molecule has 136 valence electrons. The van der Waals surface area contributed by atoms with E-state index in [4.69, 9.17) is 9.84 Å². The zero-order valence-electron chi connectivity index (χ0n) is 14.8. The SMILES string of the molecule is CCCCCCN1C(=O)C(SCCO)=C(c2ccccc2OC)C1=O. The van der Waals surface area contributed by atoms with Crippen LogP contribution in [0.4, 0.5) is 0 Å². The molecule has 2 rings (SSSR count). The normalized spacial score (nSPS) is 14.6. The number of benzene rings is 1. The fraction of sp³-hybridized carbons (Fsp3) is 0.474. The standard InChI is InChI=1S/C19H25NO4S/c1-3-4-5-8-11-20-18(22)16(17(19(20)23)25-13-12-21)14-9-6-7-10-15(14)24-2/h6-7,9-10,21H,3-5,8,11-13H2,1-2H3. The maximum atomic E-state index is 12.9. The number of para-hydroxylation sites is 1. The first-order chi connectivity index (χ1) is 12.2. The fourth-order valence-corrected chi connectivity index (χ4v) is 3.69. The maximum absolute atomic E-state index is 12.9. The van der Waals surface area contributed by atoms with Gasteiger partial charge in [0, 0.05) is 17.9 Å². The number of imide groups is 1. The van der Waals surface area contributed by atoms with Crippen LogP contribution in [0.25, 0.3) is 5.57 Å². The summed E-state index contributed by atoms with van der Waals surface area (Å²) in [6.45, 7) is 2.50. The maximum Gasteiger partial charge on any atom is 0.267 e. The lowest BCUT2D eigenvalue weighted by Gasteiger charge is -2.15. The van der Waals surface area contributed by atoms with E-state index in [1.807, 2.05) is 12.1 Å². The lowest BCUT2D eigenvalue weighted by atomic mass is 10.0. The summed E-state index contributed by atoms with van der Waals surface area (Å²) in [5.74, 6) is 0.400. The van der Waals surface area contributed by atoms with Gasteiger partial charge in [0.05, 0.1) is 24.2 Å². The van der Waals surface area contributed by atoms with Crippen LogP contribution in [0, 0.1) is 0 Å². The van der Waals surface area contributed by atoms with E-state index < -0.39 is 0 Å². The van der Waals surface area contributed by atoms with Gasteiger partial charge >= 0.3 is 0 Å². The van der Waals surface area contributed by atoms with Gasteiger partial charge in [0.25, 0.3) is 11.8 Å². The minimum Gasteiger partial charge on any atom is -0.496 e. The Hall–Kier alpha value is -1.79. The Morgan fingerprint density at radius 2 is 1.88 bits per heavy atom. The zero-order chi connectivity index (χ0) is 18.2. The minimum atomic E-state index is -0.272. The first-order valence-electron chi connectivity index (χ1n) is 8.63. The molecule has 0 bridgehead atoms. The molecule has 25 heavy (non-hydrogen) atoms. The highest BCUT2D eigenvalue weighted by Gasteiger charge is 2.39. The third-order valence-corrected chi connectivity index (χ3v) is 5.13. The van der Waals surface area contributed by atoms with Crippen LogP contribution in [0.15, 0.2) is 29.2 Å². The van der Waals surface area contributed by atoms with Gasteiger partial charge in [0.15, 0.2) is 0 Å². The first-order valence-corrected chi connectivity index (χ1v) is 9.61. The summed E-state index contributed by atoms with van der Waals surface area (Å²) in [6.07, 6.45) is 4.00. The predicted molar refractivity (Wildman–Crippen MR) is 100 cm³/mol. The van der Waals surface area contributed by atoms with Gasteiger partial charge in [-0.1, -0.05) is 44.4 Å². The van der Waals surface area contributed by atoms with Gasteiger partial charge < -0.3 is 9.84 Å². The van der Waals surface area contributed by atoms with Crippen LogP contribution in [-0.2, 0) is 9.59 Å². The predicted octanol–water partition coefficient (Wildman–Crippen LogP) is 3.08. The fourth-order valence-electron chi connectivity index (χ4n) is 2.82. The number of ether oxygens (including phenoxy) is 1. The van der Waals surface area contributed by atoms with Crippen molar-refractivity contribution in [1.29, 1.82) is 0 Å². The molecular weight excluding hydrogens is 338 g/mol. The van der Waals surface area contributed by atoms with E-state index in [0.717, 1.165) is 25.7 Å². The van der Waals surface area contributed by atoms with E-state index in [9.17, 15) is 9.59 Å². The third kappa shape index (κ3) is 4.44. The Morgan fingerprint density at radius 1 is 1.12 bits per heavy atom. The third-order valence-electron chi connectivity index (χ3n) is 4.07. The Labute approximate surface area is 153 Å². The molecule has 1 aliphatic rings. The van der Waals surface area contributed by atoms with Gasteiger partial charge in [0.1, 0.15) is 5.75 Å². The number of rotatable bonds is 10. The number of thioether (sulfide) groups is 1. The van der Waals surface area contributed by atoms with E-state index >= 15 is 0 Å². The van der Waals surface area contributed by atoms with Gasteiger partial charge in [-0.05, 0) is 12.5 Å². The first kappa shape index (κ1) is 19.5. The van der Waals surface area contributed by atoms with Crippen LogP contribution in [0.3, 0.4) is 0 Å². The number of nitrogens with zero attached hydrogens (tertiary/aromatic N) is 1. The molecule has 0 fully saturated rings. The molecule has 0 saturated carbocycles. The van der Waals surface area contributed by atoms with Crippen LogP contribution >= 0.6 is 11.8 Å². The molecule has 0 unspecified atom stereocenters. The molecule has 1 aromatic carbocycles. The number of carbonyl (C=O) groups is 2. The molecule has 0 aromatic heterocycles. The molecule has 5 nitrogen and oxygen atoms in total. The molecule has 1 N–H and O–H groups in total. The molecule has 0 spiro atoms. The molecule has 0 atom stereocenters. The number of hydrogen-bond donors (Lipinski definition) is 1. The Bertz CT molecular complexity index is 657. The zero-order valence-corrected chi connectivity index (χ0v) is 15.6. The van der Waals surface area contributed by atoms with Crippen molar-refractivity contribution in [2.75, 3.05) is 26.0 Å². The second kappa shape index (κ2) is 9.63. The molecule has 1 heterocycles. The van der Waals surface area contributed by atoms with Crippen LogP contribution in [-0.4, -0.2) is 47.8 Å². The van der Waals surface area contributed by atoms with Crippen molar-refractivity contribution in [2.45, 2.75) is 32.6 Å². The Balaban J connectivity index is 2.32. The molecule has 1 aliphatic heterocycles. The van der Waals surface area contributed by atoms with Gasteiger partial charge in [-0.25, -0.2) is 0 Å². The van der Waals surface area contributed by atoms with Crippen LogP contribution < -0.4 is 4.74 Å². The van der Waals surface area contributed by atoms with E-state index in [2.05, 4.69) is 6.92 Å². The molecular formula is C19H25NO4S. The second-order valence-corrected chi connectivity index (χ2v) is 6.90. The van der Waals surface area contributed by atoms with Crippen molar-refractivity contribution >= 4 is 29.1 Å². The van der Waals surface area contributed by atoms with E-state index in [1.165, 1.54) is 16.7 Å². The van der Waals surface area contributed by atoms with E-state index in [1.54, 1.807) is 19.2 Å². The monoisotopic (exact) mass is 363 g/mol. The second-order valence-electron chi connectivity index (χ2n) is 5.80. The van der Waals surface area contributed by atoms with Crippen molar-refractivity contribution in [3.8, 4) is 5.75 Å². The van der Waals surface area contributed by atoms with Crippen molar-refractivity contribution in [2.24, 2.45) is 0 Å². The van der Waals surface area contributed by atoms with Gasteiger partial charge in [-0.15, -0.1) is 11.8 Å². The lowest BCUT2D eigenvalue weighted by Crippen LogP contribution is -2.32. The molecule has 0 aliphatic carbocycles. The van der Waals surface area contributed by atoms with Gasteiger partial charge in [-0.3, -0.25) is 14.5 Å². The largest absolute Gasteiger partial charge is 0.496 e. The number of carbonyl (C=O) groups excluding carboxylic acids is 2. The van der Waals surface area contributed by atoms with Gasteiger partial charge in [0.2, 0.25) is 0 Å². The number of methoxy groups -OCH3 is 1. The number of aliphatic hydroxyl groups is 1. The smallest absolute Gasteiger partial charge is 0.267 e. The summed E-state index contributed by atoms with van der Waals surface area (Å²) in [5, 5.41) is 9.12. The number of amides is 2. The summed E-state index contributed by atoms with van der Waals surface area (Å²) in [5.41, 5.74) is 1.01. The summed E-state index contributed by atoms with van der Waals surface area (Å²) in [6, 6.07) is 7.21. The number of aliphatic hydroxyl groups excluding tert-OH is 1. The van der Waals surface area contributed by atoms with Crippen molar-refractivity contribution < 1.29 is 19.4 Å². The number of hydrogen-bond acceptors (Lipinski definition) is 5. The average Bonchev–Trinajstić information content (AvgIpc) is 2.87.